The first-order valence-corrected chi connectivity index (χ1v) is 15.0. The van der Waals surface area contributed by atoms with Crippen molar-refractivity contribution in [3.05, 3.63) is 12.2 Å². The summed E-state index contributed by atoms with van der Waals surface area (Å²) < 4.78 is 13.3. The van der Waals surface area contributed by atoms with E-state index in [-0.39, 0.29) is 23.5 Å². The van der Waals surface area contributed by atoms with Crippen molar-refractivity contribution in [2.45, 2.75) is 125 Å². The van der Waals surface area contributed by atoms with Crippen LogP contribution in [0, 0.1) is 58.2 Å². The highest BCUT2D eigenvalue weighted by Crippen LogP contribution is 2.67. The second-order valence-electron chi connectivity index (χ2n) is 14.5. The number of ether oxygens (including phenoxy) is 2. The predicted molar refractivity (Wildman–Crippen MR) is 142 cm³/mol. The van der Waals surface area contributed by atoms with E-state index in [1.165, 1.54) is 25.7 Å². The molecule has 1 heterocycles. The molecule has 4 aliphatic carbocycles. The topological polar surface area (TPSA) is 35.5 Å². The van der Waals surface area contributed by atoms with Gasteiger partial charge in [-0.15, -0.1) is 0 Å². The average molecular weight is 485 g/mol. The van der Waals surface area contributed by atoms with Crippen LogP contribution in [-0.4, -0.2) is 23.8 Å². The van der Waals surface area contributed by atoms with E-state index >= 15 is 0 Å². The van der Waals surface area contributed by atoms with Crippen molar-refractivity contribution in [3.8, 4) is 0 Å². The van der Waals surface area contributed by atoms with E-state index in [0.29, 0.717) is 52.6 Å². The Bertz CT molecular complexity index is 844. The SMILES string of the molecule is CC[C@@H](C(C)C)[C@@H]1OC(C)(C)O[C@H]1[C@@H](C)[C@H]1CC[C@H]2[C@@H]3CC(=O)[C@H]4CC=CC[C@]4(C)[C@H]3CC[C@]12C. The molecule has 4 fully saturated rings. The highest BCUT2D eigenvalue weighted by atomic mass is 16.8. The smallest absolute Gasteiger partial charge is 0.163 e. The number of ketones is 1. The van der Waals surface area contributed by atoms with Gasteiger partial charge in [0.2, 0.25) is 0 Å². The molecule has 0 aromatic rings. The molecule has 0 N–H and O–H groups in total. The van der Waals surface area contributed by atoms with E-state index in [9.17, 15) is 4.79 Å². The standard InChI is InChI=1S/C32H52O3/c1-9-21(19(2)3)29-28(34-30(5,6)35-29)20(4)23-13-14-24-22-18-27(33)26-12-10-11-16-31(26,7)25(22)15-17-32(23,24)8/h10-11,19-26,28-29H,9,12-18H2,1-8H3/t20-,21-,22-,23+,24-,25-,26+,28-,29-,31+,32+/m0/s1. The second kappa shape index (κ2) is 8.97. The Morgan fingerprint density at radius 1 is 0.943 bits per heavy atom. The van der Waals surface area contributed by atoms with Gasteiger partial charge in [-0.25, -0.2) is 0 Å². The number of hydrogen-bond donors (Lipinski definition) is 0. The minimum Gasteiger partial charge on any atom is -0.344 e. The van der Waals surface area contributed by atoms with Crippen LogP contribution in [0.15, 0.2) is 12.2 Å². The van der Waals surface area contributed by atoms with Gasteiger partial charge in [0.05, 0.1) is 12.2 Å². The van der Waals surface area contributed by atoms with Crippen molar-refractivity contribution in [1.29, 1.82) is 0 Å². The summed E-state index contributed by atoms with van der Waals surface area (Å²) in [6.07, 6.45) is 14.2. The van der Waals surface area contributed by atoms with Crippen molar-refractivity contribution in [2.24, 2.45) is 58.2 Å². The maximum Gasteiger partial charge on any atom is 0.163 e. The lowest BCUT2D eigenvalue weighted by molar-refractivity contribution is -0.160. The fourth-order valence-electron chi connectivity index (χ4n) is 10.4. The van der Waals surface area contributed by atoms with E-state index < -0.39 is 5.79 Å². The third kappa shape index (κ3) is 4.01. The highest BCUT2D eigenvalue weighted by Gasteiger charge is 2.63. The Labute approximate surface area is 215 Å². The van der Waals surface area contributed by atoms with Gasteiger partial charge in [0.15, 0.2) is 5.79 Å². The lowest BCUT2D eigenvalue weighted by Crippen LogP contribution is -2.56. The largest absolute Gasteiger partial charge is 0.344 e. The van der Waals surface area contributed by atoms with Crippen LogP contribution in [0.1, 0.15) is 107 Å². The molecule has 0 aromatic heterocycles. The predicted octanol–water partition coefficient (Wildman–Crippen LogP) is 7.83. The molecule has 5 aliphatic rings. The number of fused-ring (bicyclic) bond motifs is 5. The summed E-state index contributed by atoms with van der Waals surface area (Å²) in [5, 5.41) is 0. The summed E-state index contributed by atoms with van der Waals surface area (Å²) in [6, 6.07) is 0. The number of hydrogen-bond acceptors (Lipinski definition) is 3. The van der Waals surface area contributed by atoms with E-state index in [1.54, 1.807) is 0 Å². The molecule has 35 heavy (non-hydrogen) atoms. The Hall–Kier alpha value is -0.670. The van der Waals surface area contributed by atoms with Gasteiger partial charge in [-0.3, -0.25) is 4.79 Å². The quantitative estimate of drug-likeness (QED) is 0.373. The Morgan fingerprint density at radius 2 is 1.63 bits per heavy atom. The minimum absolute atomic E-state index is 0.161. The first kappa shape index (κ1) is 26.0. The molecular formula is C32H52O3. The highest BCUT2D eigenvalue weighted by molar-refractivity contribution is 5.83. The van der Waals surface area contributed by atoms with Crippen molar-refractivity contribution < 1.29 is 14.3 Å². The molecule has 0 aromatic carbocycles. The van der Waals surface area contributed by atoms with E-state index in [0.717, 1.165) is 25.7 Å². The normalized spacial score (nSPS) is 48.4. The maximum atomic E-state index is 13.4. The molecule has 0 spiro atoms. The molecule has 11 atom stereocenters. The lowest BCUT2D eigenvalue weighted by Gasteiger charge is -2.59. The fraction of sp³-hybridized carbons (Fsp3) is 0.906. The van der Waals surface area contributed by atoms with E-state index in [1.807, 2.05) is 0 Å². The average Bonchev–Trinajstić information content (AvgIpc) is 3.30. The van der Waals surface area contributed by atoms with E-state index in [4.69, 9.17) is 9.47 Å². The number of allylic oxidation sites excluding steroid dienone is 2. The minimum atomic E-state index is -0.504. The first-order valence-electron chi connectivity index (χ1n) is 15.0. The van der Waals surface area contributed by atoms with Crippen LogP contribution >= 0.6 is 0 Å². The molecule has 5 rings (SSSR count). The third-order valence-corrected chi connectivity index (χ3v) is 12.1. The van der Waals surface area contributed by atoms with Crippen molar-refractivity contribution >= 4 is 5.78 Å². The Morgan fingerprint density at radius 3 is 2.31 bits per heavy atom. The van der Waals surface area contributed by atoms with Gasteiger partial charge in [0.25, 0.3) is 0 Å². The number of carbonyl (C=O) groups excluding carboxylic acids is 1. The summed E-state index contributed by atoms with van der Waals surface area (Å²) in [6.45, 7) is 18.7. The van der Waals surface area contributed by atoms with Gasteiger partial charge in [-0.1, -0.05) is 60.1 Å². The van der Waals surface area contributed by atoms with Crippen LogP contribution < -0.4 is 0 Å². The zero-order valence-electron chi connectivity index (χ0n) is 23.8. The molecule has 1 aliphatic heterocycles. The molecule has 198 valence electrons. The van der Waals surface area contributed by atoms with E-state index in [2.05, 4.69) is 67.5 Å². The van der Waals surface area contributed by atoms with Gasteiger partial charge in [0, 0.05) is 12.3 Å². The van der Waals surface area contributed by atoms with Gasteiger partial charge in [-0.2, -0.15) is 0 Å². The zero-order valence-corrected chi connectivity index (χ0v) is 23.8. The van der Waals surface area contributed by atoms with Gasteiger partial charge < -0.3 is 9.47 Å². The van der Waals surface area contributed by atoms with Crippen molar-refractivity contribution in [3.63, 3.8) is 0 Å². The first-order chi connectivity index (χ1) is 16.4. The maximum absolute atomic E-state index is 13.4. The molecule has 1 saturated heterocycles. The van der Waals surface area contributed by atoms with Crippen LogP contribution in [0.5, 0.6) is 0 Å². The van der Waals surface area contributed by atoms with Crippen LogP contribution in [0.3, 0.4) is 0 Å². The Balaban J connectivity index is 1.40. The molecular weight excluding hydrogens is 432 g/mol. The van der Waals surface area contributed by atoms with Crippen LogP contribution in [-0.2, 0) is 14.3 Å². The molecule has 0 bridgehead atoms. The molecule has 3 saturated carbocycles. The lowest BCUT2D eigenvalue weighted by atomic mass is 9.45. The van der Waals surface area contributed by atoms with Crippen molar-refractivity contribution in [1.82, 2.24) is 0 Å². The summed E-state index contributed by atoms with van der Waals surface area (Å²) in [4.78, 5) is 13.4. The molecule has 0 amide bonds. The number of carbonyl (C=O) groups is 1. The molecule has 0 radical (unpaired) electrons. The molecule has 0 unspecified atom stereocenters. The van der Waals surface area contributed by atoms with Gasteiger partial charge >= 0.3 is 0 Å². The van der Waals surface area contributed by atoms with Crippen LogP contribution in [0.25, 0.3) is 0 Å². The van der Waals surface area contributed by atoms with Crippen LogP contribution in [0.4, 0.5) is 0 Å². The van der Waals surface area contributed by atoms with Crippen molar-refractivity contribution in [2.75, 3.05) is 0 Å². The van der Waals surface area contributed by atoms with Gasteiger partial charge in [-0.05, 0) is 105 Å². The Kier molecular flexibility index (Phi) is 6.65. The molecule has 3 heteroatoms. The number of Topliss-reactive ketones (excluding diaryl/α,β-unsaturated/α-hetero) is 1. The van der Waals surface area contributed by atoms with Crippen LogP contribution in [0.2, 0.25) is 0 Å². The summed E-state index contributed by atoms with van der Waals surface area (Å²) in [5.74, 6) is 4.54. The fourth-order valence-corrected chi connectivity index (χ4v) is 10.4. The molecule has 3 nitrogen and oxygen atoms in total. The number of rotatable bonds is 5. The third-order valence-electron chi connectivity index (χ3n) is 12.1. The van der Waals surface area contributed by atoms with Gasteiger partial charge in [0.1, 0.15) is 5.78 Å². The summed E-state index contributed by atoms with van der Waals surface area (Å²) >= 11 is 0. The second-order valence-corrected chi connectivity index (χ2v) is 14.5. The summed E-state index contributed by atoms with van der Waals surface area (Å²) in [5.41, 5.74) is 0.498. The monoisotopic (exact) mass is 484 g/mol. The zero-order chi connectivity index (χ0) is 25.3. The summed E-state index contributed by atoms with van der Waals surface area (Å²) in [7, 11) is 0.